The van der Waals surface area contributed by atoms with E-state index in [2.05, 4.69) is 31.2 Å². The average Bonchev–Trinajstić information content (AvgIpc) is 2.52. The summed E-state index contributed by atoms with van der Waals surface area (Å²) < 4.78 is 0. The molecule has 1 saturated heterocycles. The lowest BCUT2D eigenvalue weighted by Gasteiger charge is -2.29. The summed E-state index contributed by atoms with van der Waals surface area (Å²) in [5, 5.41) is 0. The molecular formula is C14H19NO. The molecule has 0 radical (unpaired) electrons. The molecule has 2 heteroatoms. The van der Waals surface area contributed by atoms with Crippen molar-refractivity contribution in [3.05, 3.63) is 35.9 Å². The summed E-state index contributed by atoms with van der Waals surface area (Å²) in [6.45, 7) is 2.89. The Morgan fingerprint density at radius 2 is 2.00 bits per heavy atom. The first kappa shape index (κ1) is 11.2. The summed E-state index contributed by atoms with van der Waals surface area (Å²) in [6, 6.07) is 10.7. The molecule has 1 aromatic carbocycles. The summed E-state index contributed by atoms with van der Waals surface area (Å²) in [5.74, 6) is 0.314. The van der Waals surface area contributed by atoms with Gasteiger partial charge in [-0.05, 0) is 25.3 Å². The molecule has 1 aliphatic heterocycles. The molecule has 0 aliphatic carbocycles. The third kappa shape index (κ3) is 2.26. The van der Waals surface area contributed by atoms with Crippen LogP contribution in [0.3, 0.4) is 0 Å². The SMILES string of the molecule is CCN1C(=O)CCCCC1c1ccccc1. The molecule has 2 nitrogen and oxygen atoms in total. The zero-order valence-electron chi connectivity index (χ0n) is 9.86. The summed E-state index contributed by atoms with van der Waals surface area (Å²) in [4.78, 5) is 14.0. The van der Waals surface area contributed by atoms with Crippen LogP contribution in [0.1, 0.15) is 44.2 Å². The van der Waals surface area contributed by atoms with Gasteiger partial charge < -0.3 is 4.90 Å². The normalized spacial score (nSPS) is 21.9. The van der Waals surface area contributed by atoms with Gasteiger partial charge in [-0.15, -0.1) is 0 Å². The van der Waals surface area contributed by atoms with Crippen LogP contribution in [-0.2, 0) is 4.79 Å². The van der Waals surface area contributed by atoms with Crippen molar-refractivity contribution in [2.75, 3.05) is 6.54 Å². The number of carbonyl (C=O) groups excluding carboxylic acids is 1. The highest BCUT2D eigenvalue weighted by molar-refractivity contribution is 5.77. The molecular weight excluding hydrogens is 198 g/mol. The van der Waals surface area contributed by atoms with E-state index >= 15 is 0 Å². The molecule has 1 aromatic rings. The zero-order chi connectivity index (χ0) is 11.4. The number of nitrogens with zero attached hydrogens (tertiary/aromatic N) is 1. The van der Waals surface area contributed by atoms with Crippen molar-refractivity contribution in [2.24, 2.45) is 0 Å². The standard InChI is InChI=1S/C14H19NO/c1-2-15-13(10-6-7-11-14(15)16)12-8-4-3-5-9-12/h3-5,8-9,13H,2,6-7,10-11H2,1H3. The number of hydrogen-bond donors (Lipinski definition) is 0. The first-order valence-corrected chi connectivity index (χ1v) is 6.17. The summed E-state index contributed by atoms with van der Waals surface area (Å²) >= 11 is 0. The highest BCUT2D eigenvalue weighted by Crippen LogP contribution is 2.30. The Morgan fingerprint density at radius 3 is 2.69 bits per heavy atom. The molecule has 0 spiro atoms. The number of amides is 1. The summed E-state index contributed by atoms with van der Waals surface area (Å²) in [6.07, 6.45) is 4.02. The van der Waals surface area contributed by atoms with Gasteiger partial charge in [0.05, 0.1) is 6.04 Å². The highest BCUT2D eigenvalue weighted by Gasteiger charge is 2.25. The maximum absolute atomic E-state index is 12.0. The van der Waals surface area contributed by atoms with Crippen molar-refractivity contribution in [1.29, 1.82) is 0 Å². The third-order valence-corrected chi connectivity index (χ3v) is 3.34. The molecule has 1 fully saturated rings. The monoisotopic (exact) mass is 217 g/mol. The van der Waals surface area contributed by atoms with Crippen molar-refractivity contribution in [3.63, 3.8) is 0 Å². The van der Waals surface area contributed by atoms with Crippen LogP contribution in [0.15, 0.2) is 30.3 Å². The zero-order valence-corrected chi connectivity index (χ0v) is 9.86. The van der Waals surface area contributed by atoms with Crippen LogP contribution >= 0.6 is 0 Å². The molecule has 86 valence electrons. The van der Waals surface area contributed by atoms with E-state index in [-0.39, 0.29) is 0 Å². The third-order valence-electron chi connectivity index (χ3n) is 3.34. The second-order valence-electron chi connectivity index (χ2n) is 4.35. The fraction of sp³-hybridized carbons (Fsp3) is 0.500. The first-order chi connectivity index (χ1) is 7.83. The summed E-state index contributed by atoms with van der Waals surface area (Å²) in [5.41, 5.74) is 1.28. The van der Waals surface area contributed by atoms with Crippen LogP contribution in [0.5, 0.6) is 0 Å². The second kappa shape index (κ2) is 5.15. The van der Waals surface area contributed by atoms with E-state index in [1.54, 1.807) is 0 Å². The Balaban J connectivity index is 2.26. The van der Waals surface area contributed by atoms with Gasteiger partial charge in [0, 0.05) is 13.0 Å². The molecule has 1 aliphatic rings. The van der Waals surface area contributed by atoms with Gasteiger partial charge in [-0.3, -0.25) is 4.79 Å². The predicted molar refractivity (Wildman–Crippen MR) is 65.0 cm³/mol. The first-order valence-electron chi connectivity index (χ1n) is 6.17. The minimum Gasteiger partial charge on any atom is -0.336 e. The van der Waals surface area contributed by atoms with Crippen molar-refractivity contribution in [1.82, 2.24) is 4.90 Å². The molecule has 1 heterocycles. The molecule has 2 rings (SSSR count). The predicted octanol–water partition coefficient (Wildman–Crippen LogP) is 3.15. The Hall–Kier alpha value is -1.31. The number of hydrogen-bond acceptors (Lipinski definition) is 1. The van der Waals surface area contributed by atoms with Crippen LogP contribution < -0.4 is 0 Å². The number of benzene rings is 1. The maximum Gasteiger partial charge on any atom is 0.223 e. The lowest BCUT2D eigenvalue weighted by Crippen LogP contribution is -2.33. The van der Waals surface area contributed by atoms with Gasteiger partial charge >= 0.3 is 0 Å². The smallest absolute Gasteiger partial charge is 0.223 e. The van der Waals surface area contributed by atoms with E-state index in [9.17, 15) is 4.79 Å². The Bertz CT molecular complexity index is 347. The minimum absolute atomic E-state index is 0.293. The number of rotatable bonds is 2. The molecule has 1 atom stereocenters. The molecule has 1 unspecified atom stereocenters. The van der Waals surface area contributed by atoms with Gasteiger partial charge in [0.25, 0.3) is 0 Å². The van der Waals surface area contributed by atoms with Crippen molar-refractivity contribution >= 4 is 5.91 Å². The van der Waals surface area contributed by atoms with Crippen LogP contribution in [-0.4, -0.2) is 17.4 Å². The maximum atomic E-state index is 12.0. The molecule has 0 aromatic heterocycles. The Morgan fingerprint density at radius 1 is 1.25 bits per heavy atom. The fourth-order valence-corrected chi connectivity index (χ4v) is 2.51. The largest absolute Gasteiger partial charge is 0.336 e. The van der Waals surface area contributed by atoms with E-state index in [0.717, 1.165) is 32.2 Å². The number of carbonyl (C=O) groups is 1. The highest BCUT2D eigenvalue weighted by atomic mass is 16.2. The Kier molecular flexibility index (Phi) is 3.60. The van der Waals surface area contributed by atoms with Gasteiger partial charge in [0.1, 0.15) is 0 Å². The van der Waals surface area contributed by atoms with E-state index < -0.39 is 0 Å². The van der Waals surface area contributed by atoms with E-state index in [4.69, 9.17) is 0 Å². The van der Waals surface area contributed by atoms with E-state index in [1.165, 1.54) is 5.56 Å². The van der Waals surface area contributed by atoms with Gasteiger partial charge in [0.2, 0.25) is 5.91 Å². The van der Waals surface area contributed by atoms with Gasteiger partial charge in [-0.25, -0.2) is 0 Å². The van der Waals surface area contributed by atoms with Crippen LogP contribution in [0.25, 0.3) is 0 Å². The average molecular weight is 217 g/mol. The molecule has 0 N–H and O–H groups in total. The van der Waals surface area contributed by atoms with Crippen LogP contribution in [0.4, 0.5) is 0 Å². The quantitative estimate of drug-likeness (QED) is 0.745. The summed E-state index contributed by atoms with van der Waals surface area (Å²) in [7, 11) is 0. The van der Waals surface area contributed by atoms with Gasteiger partial charge in [0.15, 0.2) is 0 Å². The van der Waals surface area contributed by atoms with Crippen molar-refractivity contribution in [3.8, 4) is 0 Å². The van der Waals surface area contributed by atoms with Gasteiger partial charge in [-0.1, -0.05) is 36.8 Å². The van der Waals surface area contributed by atoms with Crippen molar-refractivity contribution in [2.45, 2.75) is 38.6 Å². The molecule has 0 saturated carbocycles. The molecule has 0 bridgehead atoms. The van der Waals surface area contributed by atoms with Crippen molar-refractivity contribution < 1.29 is 4.79 Å². The molecule has 16 heavy (non-hydrogen) atoms. The molecule has 1 amide bonds. The number of likely N-dealkylation sites (tertiary alicyclic amines) is 1. The van der Waals surface area contributed by atoms with Gasteiger partial charge in [-0.2, -0.15) is 0 Å². The minimum atomic E-state index is 0.293. The fourth-order valence-electron chi connectivity index (χ4n) is 2.51. The lowest BCUT2D eigenvalue weighted by molar-refractivity contribution is -0.132. The van der Waals surface area contributed by atoms with E-state index in [0.29, 0.717) is 11.9 Å². The van der Waals surface area contributed by atoms with Crippen LogP contribution in [0, 0.1) is 0 Å². The Labute approximate surface area is 97.3 Å². The van der Waals surface area contributed by atoms with Crippen LogP contribution in [0.2, 0.25) is 0 Å². The second-order valence-corrected chi connectivity index (χ2v) is 4.35. The lowest BCUT2D eigenvalue weighted by atomic mass is 10.0. The van der Waals surface area contributed by atoms with E-state index in [1.807, 2.05) is 11.0 Å². The topological polar surface area (TPSA) is 20.3 Å².